The molecule has 82 valence electrons. The van der Waals surface area contributed by atoms with Gasteiger partial charge in [-0.2, -0.15) is 0 Å². The molecule has 1 unspecified atom stereocenters. The fourth-order valence-electron chi connectivity index (χ4n) is 1.09. The van der Waals surface area contributed by atoms with E-state index >= 15 is 0 Å². The van der Waals surface area contributed by atoms with Gasteiger partial charge in [-0.15, -0.1) is 0 Å². The molecule has 6 heteroatoms. The Morgan fingerprint density at radius 3 is 2.47 bits per heavy atom. The Kier molecular flexibility index (Phi) is 4.41. The molecule has 0 spiro atoms. The highest BCUT2D eigenvalue weighted by atomic mass is 32.2. The van der Waals surface area contributed by atoms with Crippen LogP contribution in [0.4, 0.5) is 0 Å². The Morgan fingerprint density at radius 2 is 2.00 bits per heavy atom. The molecule has 0 aliphatic heterocycles. The van der Waals surface area contributed by atoms with Gasteiger partial charge in [0, 0.05) is 17.8 Å². The zero-order chi connectivity index (χ0) is 11.3. The van der Waals surface area contributed by atoms with Crippen molar-refractivity contribution in [2.24, 2.45) is 0 Å². The standard InChI is InChI=1S/C9H11NO4S/c11-9(12)8-3-1-7(2-4-8)5-6-10-15(13)14/h1-4,10H,5-6H2,(H,11,12)(H,13,14)/p-1. The van der Waals surface area contributed by atoms with Gasteiger partial charge in [0.1, 0.15) is 0 Å². The number of hydrogen-bond donors (Lipinski definition) is 2. The van der Waals surface area contributed by atoms with Crippen LogP contribution in [0.25, 0.3) is 0 Å². The van der Waals surface area contributed by atoms with Crippen LogP contribution >= 0.6 is 0 Å². The maximum absolute atomic E-state index is 10.5. The van der Waals surface area contributed by atoms with Crippen LogP contribution in [-0.4, -0.2) is 26.4 Å². The second kappa shape index (κ2) is 5.59. The van der Waals surface area contributed by atoms with Crippen molar-refractivity contribution in [1.82, 2.24) is 4.72 Å². The molecule has 1 rings (SSSR count). The zero-order valence-corrected chi connectivity index (χ0v) is 8.62. The molecule has 1 atom stereocenters. The van der Waals surface area contributed by atoms with E-state index in [1.165, 1.54) is 12.1 Å². The van der Waals surface area contributed by atoms with Gasteiger partial charge in [-0.1, -0.05) is 12.1 Å². The number of benzene rings is 1. The smallest absolute Gasteiger partial charge is 0.335 e. The van der Waals surface area contributed by atoms with Crippen molar-refractivity contribution in [2.45, 2.75) is 6.42 Å². The van der Waals surface area contributed by atoms with Gasteiger partial charge in [0.15, 0.2) is 0 Å². The highest BCUT2D eigenvalue weighted by Crippen LogP contribution is 2.04. The summed E-state index contributed by atoms with van der Waals surface area (Å²) in [7, 11) is 0. The average Bonchev–Trinajstić information content (AvgIpc) is 2.18. The summed E-state index contributed by atoms with van der Waals surface area (Å²) in [6.45, 7) is 0.308. The minimum atomic E-state index is -2.25. The lowest BCUT2D eigenvalue weighted by molar-refractivity contribution is 0.0697. The van der Waals surface area contributed by atoms with Crippen molar-refractivity contribution in [3.05, 3.63) is 35.4 Å². The predicted octanol–water partition coefficient (Wildman–Crippen LogP) is 0.311. The van der Waals surface area contributed by atoms with Crippen LogP contribution < -0.4 is 4.72 Å². The van der Waals surface area contributed by atoms with Gasteiger partial charge in [0.2, 0.25) is 0 Å². The SMILES string of the molecule is O=C(O)c1ccc(CCNS(=O)[O-])cc1. The molecule has 1 aromatic rings. The van der Waals surface area contributed by atoms with Crippen LogP contribution in [0, 0.1) is 0 Å². The van der Waals surface area contributed by atoms with E-state index in [-0.39, 0.29) is 5.56 Å². The summed E-state index contributed by atoms with van der Waals surface area (Å²) in [6, 6.07) is 6.31. The average molecular weight is 228 g/mol. The van der Waals surface area contributed by atoms with Crippen molar-refractivity contribution in [2.75, 3.05) is 6.54 Å². The molecule has 0 amide bonds. The molecule has 5 nitrogen and oxygen atoms in total. The van der Waals surface area contributed by atoms with Crippen LogP contribution in [0.5, 0.6) is 0 Å². The summed E-state index contributed by atoms with van der Waals surface area (Å²) < 4.78 is 22.5. The van der Waals surface area contributed by atoms with E-state index in [4.69, 9.17) is 5.11 Å². The molecular formula is C9H10NO4S-. The monoisotopic (exact) mass is 228 g/mol. The molecule has 0 aliphatic carbocycles. The van der Waals surface area contributed by atoms with E-state index in [0.29, 0.717) is 13.0 Å². The van der Waals surface area contributed by atoms with Crippen molar-refractivity contribution in [3.8, 4) is 0 Å². The quantitative estimate of drug-likeness (QED) is 0.710. The van der Waals surface area contributed by atoms with Crippen molar-refractivity contribution in [3.63, 3.8) is 0 Å². The first-order valence-electron chi connectivity index (χ1n) is 4.24. The Balaban J connectivity index is 2.50. The van der Waals surface area contributed by atoms with Crippen LogP contribution in [0.15, 0.2) is 24.3 Å². The number of rotatable bonds is 5. The van der Waals surface area contributed by atoms with Crippen LogP contribution in [0.1, 0.15) is 15.9 Å². The van der Waals surface area contributed by atoms with Crippen LogP contribution in [0.2, 0.25) is 0 Å². The topological polar surface area (TPSA) is 89.5 Å². The van der Waals surface area contributed by atoms with Crippen molar-refractivity contribution in [1.29, 1.82) is 0 Å². The van der Waals surface area contributed by atoms with E-state index in [2.05, 4.69) is 4.72 Å². The second-order valence-corrected chi connectivity index (χ2v) is 3.64. The van der Waals surface area contributed by atoms with Crippen molar-refractivity contribution < 1.29 is 18.7 Å². The van der Waals surface area contributed by atoms with Gasteiger partial charge in [0.25, 0.3) is 0 Å². The van der Waals surface area contributed by atoms with E-state index in [1.54, 1.807) is 12.1 Å². The first-order valence-corrected chi connectivity index (χ1v) is 5.32. The van der Waals surface area contributed by atoms with Gasteiger partial charge < -0.3 is 9.66 Å². The largest absolute Gasteiger partial charge is 0.760 e. The summed E-state index contributed by atoms with van der Waals surface area (Å²) in [5, 5.41) is 8.63. The zero-order valence-electron chi connectivity index (χ0n) is 7.80. The lowest BCUT2D eigenvalue weighted by Gasteiger charge is -2.06. The minimum Gasteiger partial charge on any atom is -0.760 e. The lowest BCUT2D eigenvalue weighted by atomic mass is 10.1. The molecule has 0 fully saturated rings. The third-order valence-corrected chi connectivity index (χ3v) is 2.27. The number of aromatic carboxylic acids is 1. The highest BCUT2D eigenvalue weighted by Gasteiger charge is 2.01. The molecule has 0 aromatic heterocycles. The Labute approximate surface area is 89.5 Å². The molecule has 0 saturated carbocycles. The summed E-state index contributed by atoms with van der Waals surface area (Å²) in [5.41, 5.74) is 1.11. The Hall–Kier alpha value is -1.24. The molecule has 1 aromatic carbocycles. The van der Waals surface area contributed by atoms with Gasteiger partial charge in [-0.05, 0) is 24.1 Å². The molecule has 0 bridgehead atoms. The van der Waals surface area contributed by atoms with E-state index in [9.17, 15) is 13.6 Å². The third kappa shape index (κ3) is 4.20. The number of carboxylic acids is 1. The van der Waals surface area contributed by atoms with E-state index < -0.39 is 17.2 Å². The fourth-order valence-corrected chi connectivity index (χ4v) is 1.36. The summed E-state index contributed by atoms with van der Waals surface area (Å²) in [6.07, 6.45) is 0.536. The molecule has 0 aliphatic rings. The summed E-state index contributed by atoms with van der Waals surface area (Å²) in [4.78, 5) is 10.5. The van der Waals surface area contributed by atoms with Gasteiger partial charge >= 0.3 is 5.97 Å². The Bertz CT molecular complexity index is 363. The van der Waals surface area contributed by atoms with Gasteiger partial charge in [-0.3, -0.25) is 4.21 Å². The van der Waals surface area contributed by atoms with Crippen LogP contribution in [-0.2, 0) is 17.7 Å². The number of nitrogens with one attached hydrogen (secondary N) is 1. The van der Waals surface area contributed by atoms with Crippen molar-refractivity contribution >= 4 is 17.2 Å². The van der Waals surface area contributed by atoms with E-state index in [1.807, 2.05) is 0 Å². The highest BCUT2D eigenvalue weighted by molar-refractivity contribution is 7.77. The molecule has 0 saturated heterocycles. The lowest BCUT2D eigenvalue weighted by Crippen LogP contribution is -2.19. The normalized spacial score (nSPS) is 12.3. The maximum atomic E-state index is 10.5. The first-order chi connectivity index (χ1) is 7.09. The second-order valence-electron chi connectivity index (χ2n) is 2.88. The van der Waals surface area contributed by atoms with Gasteiger partial charge in [0.05, 0.1) is 5.56 Å². The Morgan fingerprint density at radius 1 is 1.40 bits per heavy atom. The molecular weight excluding hydrogens is 218 g/mol. The maximum Gasteiger partial charge on any atom is 0.335 e. The first kappa shape index (κ1) is 11.8. The minimum absolute atomic E-state index is 0.221. The predicted molar refractivity (Wildman–Crippen MR) is 54.0 cm³/mol. The van der Waals surface area contributed by atoms with Crippen LogP contribution in [0.3, 0.4) is 0 Å². The number of hydrogen-bond acceptors (Lipinski definition) is 3. The molecule has 0 heterocycles. The van der Waals surface area contributed by atoms with Gasteiger partial charge in [-0.25, -0.2) is 9.52 Å². The van der Waals surface area contributed by atoms with E-state index in [0.717, 1.165) is 5.56 Å². The molecule has 0 radical (unpaired) electrons. The number of carboxylic acid groups (broad SMARTS) is 1. The molecule has 15 heavy (non-hydrogen) atoms. The summed E-state index contributed by atoms with van der Waals surface area (Å²) >= 11 is -2.25. The number of carbonyl (C=O) groups is 1. The summed E-state index contributed by atoms with van der Waals surface area (Å²) in [5.74, 6) is -0.972. The fraction of sp³-hybridized carbons (Fsp3) is 0.222. The third-order valence-electron chi connectivity index (χ3n) is 1.83. The molecule has 2 N–H and O–H groups in total.